The van der Waals surface area contributed by atoms with Crippen LogP contribution >= 0.6 is 11.6 Å². The number of carboxylic acid groups (broad SMARTS) is 1. The quantitative estimate of drug-likeness (QED) is 0.787. The predicted octanol–water partition coefficient (Wildman–Crippen LogP) is 1.75. The average molecular weight is 238 g/mol. The van der Waals surface area contributed by atoms with Crippen molar-refractivity contribution >= 4 is 17.6 Å². The molecule has 0 radical (unpaired) electrons. The number of aromatic nitrogens is 1. The first-order valence-corrected chi connectivity index (χ1v) is 4.34. The van der Waals surface area contributed by atoms with Crippen LogP contribution in [-0.4, -0.2) is 16.1 Å². The van der Waals surface area contributed by atoms with Crippen molar-refractivity contribution in [3.63, 3.8) is 0 Å². The highest BCUT2D eigenvalue weighted by atomic mass is 35.5. The number of nitrogens with one attached hydrogen (secondary N) is 1. The number of pyridine rings is 1. The Bertz CT molecular complexity index is 444. The first-order valence-electron chi connectivity index (χ1n) is 3.81. The van der Waals surface area contributed by atoms with E-state index in [1.165, 1.54) is 0 Å². The summed E-state index contributed by atoms with van der Waals surface area (Å²) in [6.45, 7) is 0. The molecule has 82 valence electrons. The Morgan fingerprint density at radius 3 is 2.60 bits per heavy atom. The van der Waals surface area contributed by atoms with Crippen LogP contribution < -0.4 is 5.43 Å². The fourth-order valence-corrected chi connectivity index (χ4v) is 1.32. The molecule has 0 aliphatic heterocycles. The number of rotatable bonds is 3. The summed E-state index contributed by atoms with van der Waals surface area (Å²) in [5, 5.41) is 8.53. The van der Waals surface area contributed by atoms with Gasteiger partial charge in [-0.2, -0.15) is 0 Å². The molecule has 0 unspecified atom stereocenters. The highest BCUT2D eigenvalue weighted by Crippen LogP contribution is 2.20. The Morgan fingerprint density at radius 2 is 2.20 bits per heavy atom. The zero-order valence-corrected chi connectivity index (χ0v) is 8.02. The SMILES string of the molecule is O=C(O)c1cc(=O)c(CCl)c(C(F)F)[nH]1. The van der Waals surface area contributed by atoms with Gasteiger partial charge in [-0.25, -0.2) is 13.6 Å². The molecule has 1 aromatic rings. The lowest BCUT2D eigenvalue weighted by Gasteiger charge is -2.06. The minimum Gasteiger partial charge on any atom is -0.477 e. The molecule has 0 aromatic carbocycles. The van der Waals surface area contributed by atoms with E-state index in [1.54, 1.807) is 0 Å². The number of carboxylic acids is 1. The van der Waals surface area contributed by atoms with Crippen LogP contribution in [0, 0.1) is 0 Å². The van der Waals surface area contributed by atoms with Gasteiger partial charge in [0.2, 0.25) is 0 Å². The van der Waals surface area contributed by atoms with Crippen LogP contribution in [0.4, 0.5) is 8.78 Å². The summed E-state index contributed by atoms with van der Waals surface area (Å²) in [6, 6.07) is 0.728. The van der Waals surface area contributed by atoms with Crippen molar-refractivity contribution in [3.8, 4) is 0 Å². The summed E-state index contributed by atoms with van der Waals surface area (Å²) in [5.41, 5.74) is -2.44. The van der Waals surface area contributed by atoms with E-state index in [9.17, 15) is 18.4 Å². The fourth-order valence-electron chi connectivity index (χ4n) is 1.05. The van der Waals surface area contributed by atoms with E-state index in [0.29, 0.717) is 0 Å². The van der Waals surface area contributed by atoms with E-state index in [2.05, 4.69) is 0 Å². The smallest absolute Gasteiger partial charge is 0.352 e. The standard InChI is InChI=1S/C8H6ClF2NO3/c9-2-3-5(13)1-4(8(14)15)12-6(3)7(10)11/h1,7H,2H2,(H,12,13)(H,14,15). The van der Waals surface area contributed by atoms with Crippen molar-refractivity contribution in [2.24, 2.45) is 0 Å². The van der Waals surface area contributed by atoms with Gasteiger partial charge in [-0.05, 0) is 0 Å². The number of hydrogen-bond acceptors (Lipinski definition) is 2. The molecule has 0 spiro atoms. The summed E-state index contributed by atoms with van der Waals surface area (Å²) >= 11 is 5.31. The predicted molar refractivity (Wildman–Crippen MR) is 48.5 cm³/mol. The zero-order valence-electron chi connectivity index (χ0n) is 7.26. The second-order valence-corrected chi connectivity index (χ2v) is 2.95. The first-order chi connectivity index (χ1) is 6.97. The maximum atomic E-state index is 12.4. The van der Waals surface area contributed by atoms with Gasteiger partial charge in [0.1, 0.15) is 5.69 Å². The number of carbonyl (C=O) groups is 1. The van der Waals surface area contributed by atoms with Crippen molar-refractivity contribution in [3.05, 3.63) is 33.2 Å². The molecule has 0 fully saturated rings. The van der Waals surface area contributed by atoms with E-state index in [1.807, 2.05) is 4.98 Å². The summed E-state index contributed by atoms with van der Waals surface area (Å²) in [5.74, 6) is -1.87. The van der Waals surface area contributed by atoms with Gasteiger partial charge in [-0.15, -0.1) is 11.6 Å². The summed E-state index contributed by atoms with van der Waals surface area (Å²) < 4.78 is 24.8. The Kier molecular flexibility index (Phi) is 3.41. The fraction of sp³-hybridized carbons (Fsp3) is 0.250. The number of alkyl halides is 3. The third-order valence-electron chi connectivity index (χ3n) is 1.75. The molecule has 0 aliphatic rings. The number of halogens is 3. The third-order valence-corrected chi connectivity index (χ3v) is 2.02. The van der Waals surface area contributed by atoms with Gasteiger partial charge in [0.05, 0.1) is 11.6 Å². The van der Waals surface area contributed by atoms with E-state index >= 15 is 0 Å². The van der Waals surface area contributed by atoms with Crippen LogP contribution in [0.15, 0.2) is 10.9 Å². The first kappa shape index (κ1) is 11.6. The van der Waals surface area contributed by atoms with Crippen LogP contribution in [0.25, 0.3) is 0 Å². The topological polar surface area (TPSA) is 70.2 Å². The highest BCUT2D eigenvalue weighted by Gasteiger charge is 2.18. The summed E-state index contributed by atoms with van der Waals surface area (Å²) in [4.78, 5) is 23.6. The van der Waals surface area contributed by atoms with E-state index in [0.717, 1.165) is 6.07 Å². The van der Waals surface area contributed by atoms with Gasteiger partial charge < -0.3 is 10.1 Å². The number of H-pyrrole nitrogens is 1. The molecule has 1 aromatic heterocycles. The maximum Gasteiger partial charge on any atom is 0.352 e. The van der Waals surface area contributed by atoms with Crippen LogP contribution in [0.5, 0.6) is 0 Å². The van der Waals surface area contributed by atoms with Crippen molar-refractivity contribution in [1.82, 2.24) is 4.98 Å². The summed E-state index contributed by atoms with van der Waals surface area (Å²) in [6.07, 6.45) is -2.97. The second kappa shape index (κ2) is 4.39. The molecule has 1 rings (SSSR count). The molecule has 15 heavy (non-hydrogen) atoms. The number of aromatic amines is 1. The molecule has 0 aliphatic carbocycles. The Labute approximate surface area is 87.5 Å². The normalized spacial score (nSPS) is 10.7. The third kappa shape index (κ3) is 2.33. The molecule has 0 saturated heterocycles. The molecule has 0 amide bonds. The van der Waals surface area contributed by atoms with Crippen LogP contribution in [0.3, 0.4) is 0 Å². The van der Waals surface area contributed by atoms with Crippen LogP contribution in [0.2, 0.25) is 0 Å². The monoisotopic (exact) mass is 237 g/mol. The molecule has 0 atom stereocenters. The molecule has 2 N–H and O–H groups in total. The summed E-state index contributed by atoms with van der Waals surface area (Å²) in [7, 11) is 0. The lowest BCUT2D eigenvalue weighted by atomic mass is 10.2. The number of hydrogen-bond donors (Lipinski definition) is 2. The Hall–Kier alpha value is -1.43. The van der Waals surface area contributed by atoms with Gasteiger partial charge in [0, 0.05) is 11.6 Å². The minimum absolute atomic E-state index is 0.309. The van der Waals surface area contributed by atoms with Crippen molar-refractivity contribution < 1.29 is 18.7 Å². The molecule has 0 bridgehead atoms. The van der Waals surface area contributed by atoms with Gasteiger partial charge in [-0.3, -0.25) is 4.79 Å². The molecule has 0 saturated carbocycles. The lowest BCUT2D eigenvalue weighted by molar-refractivity contribution is 0.0688. The molecule has 4 nitrogen and oxygen atoms in total. The average Bonchev–Trinajstić information content (AvgIpc) is 2.16. The van der Waals surface area contributed by atoms with Gasteiger partial charge in [0.15, 0.2) is 5.43 Å². The van der Waals surface area contributed by atoms with Gasteiger partial charge in [0.25, 0.3) is 6.43 Å². The molecule has 7 heteroatoms. The lowest BCUT2D eigenvalue weighted by Crippen LogP contribution is -2.17. The van der Waals surface area contributed by atoms with Crippen molar-refractivity contribution in [2.45, 2.75) is 12.3 Å². The largest absolute Gasteiger partial charge is 0.477 e. The Balaban J connectivity index is 3.46. The minimum atomic E-state index is -2.97. The second-order valence-electron chi connectivity index (χ2n) is 2.68. The highest BCUT2D eigenvalue weighted by molar-refractivity contribution is 6.17. The van der Waals surface area contributed by atoms with Gasteiger partial charge >= 0.3 is 5.97 Å². The van der Waals surface area contributed by atoms with Crippen LogP contribution in [0.1, 0.15) is 28.2 Å². The molecular weight excluding hydrogens is 232 g/mol. The molecule has 1 heterocycles. The Morgan fingerprint density at radius 1 is 1.60 bits per heavy atom. The zero-order chi connectivity index (χ0) is 11.6. The maximum absolute atomic E-state index is 12.4. The van der Waals surface area contributed by atoms with Crippen molar-refractivity contribution in [2.75, 3.05) is 0 Å². The van der Waals surface area contributed by atoms with Crippen molar-refractivity contribution in [1.29, 1.82) is 0 Å². The molecular formula is C8H6ClF2NO3. The van der Waals surface area contributed by atoms with Gasteiger partial charge in [-0.1, -0.05) is 0 Å². The number of aromatic carboxylic acids is 1. The van der Waals surface area contributed by atoms with Crippen LogP contribution in [-0.2, 0) is 5.88 Å². The van der Waals surface area contributed by atoms with E-state index in [4.69, 9.17) is 16.7 Å². The van der Waals surface area contributed by atoms with E-state index < -0.39 is 35.1 Å². The van der Waals surface area contributed by atoms with E-state index in [-0.39, 0.29) is 5.56 Å².